The van der Waals surface area contributed by atoms with Crippen LogP contribution in [0.1, 0.15) is 71.1 Å². The van der Waals surface area contributed by atoms with Gasteiger partial charge in [0.15, 0.2) is 0 Å². The molecule has 0 bridgehead atoms. The number of carbonyl (C=O) groups excluding carboxylic acids is 1. The maximum atomic E-state index is 11.6. The summed E-state index contributed by atoms with van der Waals surface area (Å²) in [5.41, 5.74) is 0. The summed E-state index contributed by atoms with van der Waals surface area (Å²) in [5, 5.41) is 0. The van der Waals surface area contributed by atoms with Gasteiger partial charge in [-0.1, -0.05) is 70.4 Å². The minimum Gasteiger partial charge on any atom is -0.427 e. The molecule has 1 radical (unpaired) electrons. The van der Waals surface area contributed by atoms with Gasteiger partial charge in [-0.05, 0) is 24.6 Å². The maximum absolute atomic E-state index is 11.6. The maximum Gasteiger partial charge on any atom is 0.311 e. The first kappa shape index (κ1) is 16.7. The Morgan fingerprint density at radius 3 is 2.10 bits per heavy atom. The third-order valence-corrected chi connectivity index (χ3v) is 3.40. The SMILES string of the molecule is CCCCCCCCCCCC(=O)Oc1cc[c]cc1. The number of hydrogen-bond donors (Lipinski definition) is 0. The van der Waals surface area contributed by atoms with E-state index < -0.39 is 0 Å². The number of hydrogen-bond acceptors (Lipinski definition) is 2. The van der Waals surface area contributed by atoms with Crippen molar-refractivity contribution in [2.75, 3.05) is 0 Å². The summed E-state index contributed by atoms with van der Waals surface area (Å²) in [4.78, 5) is 11.6. The van der Waals surface area contributed by atoms with E-state index in [1.807, 2.05) is 0 Å². The molecule has 1 aromatic carbocycles. The molecule has 0 N–H and O–H groups in total. The number of ether oxygens (including phenoxy) is 1. The highest BCUT2D eigenvalue weighted by atomic mass is 16.5. The first-order valence-corrected chi connectivity index (χ1v) is 7.99. The molecule has 0 fully saturated rings. The fourth-order valence-corrected chi connectivity index (χ4v) is 2.20. The lowest BCUT2D eigenvalue weighted by Gasteiger charge is -2.04. The second-order valence-electron chi connectivity index (χ2n) is 5.29. The second kappa shape index (κ2) is 11.5. The number of rotatable bonds is 11. The molecule has 0 atom stereocenters. The zero-order valence-corrected chi connectivity index (χ0v) is 12.7. The van der Waals surface area contributed by atoms with Crippen LogP contribution in [0.25, 0.3) is 0 Å². The van der Waals surface area contributed by atoms with Crippen molar-refractivity contribution in [2.24, 2.45) is 0 Å². The van der Waals surface area contributed by atoms with E-state index in [1.54, 1.807) is 24.3 Å². The van der Waals surface area contributed by atoms with Crippen molar-refractivity contribution >= 4 is 5.97 Å². The molecule has 0 amide bonds. The molecule has 0 aromatic heterocycles. The first-order chi connectivity index (χ1) is 9.83. The van der Waals surface area contributed by atoms with Crippen molar-refractivity contribution in [1.82, 2.24) is 0 Å². The molecule has 0 saturated carbocycles. The Kier molecular flexibility index (Phi) is 9.64. The van der Waals surface area contributed by atoms with Gasteiger partial charge in [-0.25, -0.2) is 0 Å². The summed E-state index contributed by atoms with van der Waals surface area (Å²) in [6.45, 7) is 2.24. The van der Waals surface area contributed by atoms with Gasteiger partial charge in [-0.3, -0.25) is 4.79 Å². The van der Waals surface area contributed by atoms with E-state index in [-0.39, 0.29) is 5.97 Å². The smallest absolute Gasteiger partial charge is 0.311 e. The van der Waals surface area contributed by atoms with Crippen LogP contribution in [0.4, 0.5) is 0 Å². The zero-order chi connectivity index (χ0) is 14.5. The molecule has 0 aliphatic rings. The Hall–Kier alpha value is -1.31. The van der Waals surface area contributed by atoms with Crippen LogP contribution < -0.4 is 4.74 Å². The quantitative estimate of drug-likeness (QED) is 0.310. The minimum absolute atomic E-state index is 0.126. The average Bonchev–Trinajstić information content (AvgIpc) is 2.46. The van der Waals surface area contributed by atoms with Crippen LogP contribution in [-0.2, 0) is 4.79 Å². The molecule has 0 saturated heterocycles. The molecule has 0 heterocycles. The predicted octanol–water partition coefficient (Wildman–Crippen LogP) is 5.31. The average molecular weight is 275 g/mol. The lowest BCUT2D eigenvalue weighted by atomic mass is 10.1. The van der Waals surface area contributed by atoms with Crippen molar-refractivity contribution in [2.45, 2.75) is 71.1 Å². The van der Waals surface area contributed by atoms with Gasteiger partial charge in [0.2, 0.25) is 0 Å². The van der Waals surface area contributed by atoms with Crippen molar-refractivity contribution in [3.05, 3.63) is 30.3 Å². The molecular weight excluding hydrogens is 248 g/mol. The summed E-state index contributed by atoms with van der Waals surface area (Å²) in [6.07, 6.45) is 11.9. The van der Waals surface area contributed by atoms with Crippen LogP contribution in [0.3, 0.4) is 0 Å². The monoisotopic (exact) mass is 275 g/mol. The van der Waals surface area contributed by atoms with E-state index >= 15 is 0 Å². The van der Waals surface area contributed by atoms with Crippen LogP contribution in [0.15, 0.2) is 24.3 Å². The largest absolute Gasteiger partial charge is 0.427 e. The van der Waals surface area contributed by atoms with Crippen molar-refractivity contribution in [3.8, 4) is 5.75 Å². The summed E-state index contributed by atoms with van der Waals surface area (Å²) >= 11 is 0. The Bertz CT molecular complexity index is 346. The number of carbonyl (C=O) groups is 1. The van der Waals surface area contributed by atoms with Gasteiger partial charge in [-0.2, -0.15) is 0 Å². The highest BCUT2D eigenvalue weighted by Gasteiger charge is 2.03. The van der Waals surface area contributed by atoms with E-state index in [0.717, 1.165) is 12.8 Å². The third-order valence-electron chi connectivity index (χ3n) is 3.40. The van der Waals surface area contributed by atoms with Gasteiger partial charge in [0.1, 0.15) is 5.75 Å². The van der Waals surface area contributed by atoms with Crippen molar-refractivity contribution in [3.63, 3.8) is 0 Å². The Morgan fingerprint density at radius 1 is 0.950 bits per heavy atom. The molecule has 20 heavy (non-hydrogen) atoms. The lowest BCUT2D eigenvalue weighted by Crippen LogP contribution is -2.07. The Balaban J connectivity index is 1.92. The van der Waals surface area contributed by atoms with E-state index in [4.69, 9.17) is 4.74 Å². The lowest BCUT2D eigenvalue weighted by molar-refractivity contribution is -0.134. The number of benzene rings is 1. The molecule has 2 nitrogen and oxygen atoms in total. The fraction of sp³-hybridized carbons (Fsp3) is 0.611. The minimum atomic E-state index is -0.126. The predicted molar refractivity (Wildman–Crippen MR) is 82.8 cm³/mol. The van der Waals surface area contributed by atoms with Gasteiger partial charge in [0.25, 0.3) is 0 Å². The Morgan fingerprint density at radius 2 is 1.50 bits per heavy atom. The molecule has 0 aliphatic carbocycles. The van der Waals surface area contributed by atoms with E-state index in [1.165, 1.54) is 44.9 Å². The Labute approximate surface area is 123 Å². The summed E-state index contributed by atoms with van der Waals surface area (Å²) < 4.78 is 5.23. The van der Waals surface area contributed by atoms with E-state index in [9.17, 15) is 4.79 Å². The number of esters is 1. The van der Waals surface area contributed by atoms with Crippen LogP contribution in [0.2, 0.25) is 0 Å². The highest BCUT2D eigenvalue weighted by molar-refractivity contribution is 5.72. The van der Waals surface area contributed by atoms with Crippen molar-refractivity contribution in [1.29, 1.82) is 0 Å². The standard InChI is InChI=1S/C18H27O2/c1-2-3-4-5-6-7-8-9-13-16-18(19)20-17-14-11-10-12-15-17/h11-12,14-15H,2-9,13,16H2,1H3. The topological polar surface area (TPSA) is 26.3 Å². The van der Waals surface area contributed by atoms with Crippen LogP contribution in [0, 0.1) is 6.07 Å². The van der Waals surface area contributed by atoms with Gasteiger partial charge in [-0.15, -0.1) is 0 Å². The van der Waals surface area contributed by atoms with E-state index in [2.05, 4.69) is 13.0 Å². The third kappa shape index (κ3) is 8.73. The first-order valence-electron chi connectivity index (χ1n) is 7.99. The zero-order valence-electron chi connectivity index (χ0n) is 12.7. The van der Waals surface area contributed by atoms with Crippen LogP contribution >= 0.6 is 0 Å². The summed E-state index contributed by atoms with van der Waals surface area (Å²) in [5.74, 6) is 0.490. The van der Waals surface area contributed by atoms with E-state index in [0.29, 0.717) is 12.2 Å². The number of unbranched alkanes of at least 4 members (excludes halogenated alkanes) is 8. The van der Waals surface area contributed by atoms with Crippen LogP contribution in [-0.4, -0.2) is 5.97 Å². The normalized spacial score (nSPS) is 10.4. The summed E-state index contributed by atoms with van der Waals surface area (Å²) in [7, 11) is 0. The molecule has 1 rings (SSSR count). The van der Waals surface area contributed by atoms with Crippen LogP contribution in [0.5, 0.6) is 5.75 Å². The van der Waals surface area contributed by atoms with Gasteiger partial charge in [0, 0.05) is 6.42 Å². The summed E-state index contributed by atoms with van der Waals surface area (Å²) in [6, 6.07) is 9.92. The molecule has 2 heteroatoms. The van der Waals surface area contributed by atoms with Gasteiger partial charge in [0.05, 0.1) is 0 Å². The second-order valence-corrected chi connectivity index (χ2v) is 5.29. The molecule has 0 aliphatic heterocycles. The van der Waals surface area contributed by atoms with Gasteiger partial charge >= 0.3 is 5.97 Å². The van der Waals surface area contributed by atoms with Gasteiger partial charge < -0.3 is 4.74 Å². The fourth-order valence-electron chi connectivity index (χ4n) is 2.20. The molecule has 111 valence electrons. The van der Waals surface area contributed by atoms with Crippen molar-refractivity contribution < 1.29 is 9.53 Å². The highest BCUT2D eigenvalue weighted by Crippen LogP contribution is 2.12. The molecule has 1 aromatic rings. The molecule has 0 spiro atoms. The molecular formula is C18H27O2. The molecule has 0 unspecified atom stereocenters.